The molecule has 1 N–H and O–H groups in total. The Morgan fingerprint density at radius 1 is 1.32 bits per heavy atom. The van der Waals surface area contributed by atoms with E-state index < -0.39 is 0 Å². The van der Waals surface area contributed by atoms with Gasteiger partial charge in [0, 0.05) is 17.1 Å². The number of anilines is 1. The first kappa shape index (κ1) is 16.6. The first-order valence-corrected chi connectivity index (χ1v) is 7.87. The van der Waals surface area contributed by atoms with Crippen LogP contribution in [0.15, 0.2) is 30.9 Å². The molecule has 1 aliphatic heterocycles. The summed E-state index contributed by atoms with van der Waals surface area (Å²) in [5.41, 5.74) is 0.882. The van der Waals surface area contributed by atoms with Gasteiger partial charge in [-0.3, -0.25) is 9.59 Å². The van der Waals surface area contributed by atoms with E-state index in [1.807, 2.05) is 4.90 Å². The number of piperidine rings is 1. The Kier molecular flexibility index (Phi) is 5.24. The van der Waals surface area contributed by atoms with E-state index in [4.69, 9.17) is 11.6 Å². The molecule has 118 valence electrons. The van der Waals surface area contributed by atoms with Crippen molar-refractivity contribution in [3.05, 3.63) is 41.4 Å². The van der Waals surface area contributed by atoms with E-state index >= 15 is 0 Å². The Morgan fingerprint density at radius 2 is 1.95 bits per heavy atom. The average Bonchev–Trinajstić information content (AvgIpc) is 2.48. The molecule has 0 spiro atoms. The monoisotopic (exact) mass is 320 g/mol. The van der Waals surface area contributed by atoms with Crippen LogP contribution in [0, 0.1) is 0 Å². The molecule has 2 amide bonds. The Hall–Kier alpha value is -1.81. The van der Waals surface area contributed by atoms with Crippen LogP contribution in [0.25, 0.3) is 0 Å². The molecule has 1 aromatic rings. The molecule has 2 rings (SSSR count). The SMILES string of the molecule is C=CC(=O)Nc1ccc(Cl)cc1C(=O)N1C(C)CCCC1C. The van der Waals surface area contributed by atoms with Crippen molar-refractivity contribution >= 4 is 29.1 Å². The molecule has 2 atom stereocenters. The van der Waals surface area contributed by atoms with Gasteiger partial charge in [0.1, 0.15) is 0 Å². The summed E-state index contributed by atoms with van der Waals surface area (Å²) in [6.07, 6.45) is 4.28. The summed E-state index contributed by atoms with van der Waals surface area (Å²) in [7, 11) is 0. The number of hydrogen-bond acceptors (Lipinski definition) is 2. The van der Waals surface area contributed by atoms with Crippen molar-refractivity contribution in [2.24, 2.45) is 0 Å². The van der Waals surface area contributed by atoms with Gasteiger partial charge >= 0.3 is 0 Å². The normalized spacial score (nSPS) is 21.3. The number of hydrogen-bond donors (Lipinski definition) is 1. The predicted octanol–water partition coefficient (Wildman–Crippen LogP) is 3.87. The lowest BCUT2D eigenvalue weighted by Gasteiger charge is -2.39. The lowest BCUT2D eigenvalue weighted by molar-refractivity contribution is -0.111. The van der Waals surface area contributed by atoms with Crippen LogP contribution in [0.2, 0.25) is 5.02 Å². The molecule has 0 radical (unpaired) electrons. The second-order valence-electron chi connectivity index (χ2n) is 5.72. The van der Waals surface area contributed by atoms with Crippen LogP contribution in [0.3, 0.4) is 0 Å². The third kappa shape index (κ3) is 3.50. The maximum atomic E-state index is 13.0. The van der Waals surface area contributed by atoms with Gasteiger partial charge in [0.2, 0.25) is 5.91 Å². The fourth-order valence-corrected chi connectivity index (χ4v) is 3.12. The lowest BCUT2D eigenvalue weighted by atomic mass is 9.96. The minimum atomic E-state index is -0.351. The second-order valence-corrected chi connectivity index (χ2v) is 6.16. The minimum Gasteiger partial charge on any atom is -0.333 e. The Balaban J connectivity index is 2.37. The molecule has 0 aliphatic carbocycles. The zero-order valence-corrected chi connectivity index (χ0v) is 13.7. The van der Waals surface area contributed by atoms with E-state index in [0.717, 1.165) is 19.3 Å². The summed E-state index contributed by atoms with van der Waals surface area (Å²) >= 11 is 6.04. The molecule has 5 heteroatoms. The van der Waals surface area contributed by atoms with Gasteiger partial charge in [-0.2, -0.15) is 0 Å². The van der Waals surface area contributed by atoms with E-state index in [9.17, 15) is 9.59 Å². The highest BCUT2D eigenvalue weighted by molar-refractivity contribution is 6.31. The van der Waals surface area contributed by atoms with Crippen molar-refractivity contribution in [1.82, 2.24) is 4.90 Å². The molecule has 1 saturated heterocycles. The smallest absolute Gasteiger partial charge is 0.256 e. The molecule has 22 heavy (non-hydrogen) atoms. The van der Waals surface area contributed by atoms with E-state index in [2.05, 4.69) is 25.7 Å². The van der Waals surface area contributed by atoms with Crippen LogP contribution in [-0.4, -0.2) is 28.8 Å². The zero-order valence-electron chi connectivity index (χ0n) is 12.9. The molecule has 1 heterocycles. The van der Waals surface area contributed by atoms with E-state index in [1.165, 1.54) is 6.08 Å². The fourth-order valence-electron chi connectivity index (χ4n) is 2.95. The zero-order chi connectivity index (χ0) is 16.3. The highest BCUT2D eigenvalue weighted by Gasteiger charge is 2.31. The van der Waals surface area contributed by atoms with Crippen molar-refractivity contribution in [1.29, 1.82) is 0 Å². The van der Waals surface area contributed by atoms with Crippen molar-refractivity contribution in [2.45, 2.75) is 45.2 Å². The summed E-state index contributed by atoms with van der Waals surface area (Å²) in [4.78, 5) is 26.4. The van der Waals surface area contributed by atoms with E-state index in [1.54, 1.807) is 18.2 Å². The van der Waals surface area contributed by atoms with Gasteiger partial charge in [-0.1, -0.05) is 18.2 Å². The number of rotatable bonds is 3. The number of halogens is 1. The number of nitrogens with one attached hydrogen (secondary N) is 1. The quantitative estimate of drug-likeness (QED) is 0.859. The first-order chi connectivity index (χ1) is 10.4. The maximum Gasteiger partial charge on any atom is 0.256 e. The Morgan fingerprint density at radius 3 is 2.55 bits per heavy atom. The van der Waals surface area contributed by atoms with Gasteiger partial charge in [0.05, 0.1) is 11.3 Å². The molecule has 0 aromatic heterocycles. The highest BCUT2D eigenvalue weighted by Crippen LogP contribution is 2.28. The summed E-state index contributed by atoms with van der Waals surface area (Å²) < 4.78 is 0. The van der Waals surface area contributed by atoms with Gasteiger partial charge < -0.3 is 10.2 Å². The standard InChI is InChI=1S/C17H21ClN2O2/c1-4-16(21)19-15-9-8-13(18)10-14(15)17(22)20-11(2)6-5-7-12(20)3/h4,8-12H,1,5-7H2,2-3H3,(H,19,21). The van der Waals surface area contributed by atoms with Crippen LogP contribution in [0.5, 0.6) is 0 Å². The third-order valence-corrected chi connectivity index (χ3v) is 4.32. The topological polar surface area (TPSA) is 49.4 Å². The van der Waals surface area contributed by atoms with Crippen LogP contribution < -0.4 is 5.32 Å². The van der Waals surface area contributed by atoms with Crippen LogP contribution in [-0.2, 0) is 4.79 Å². The van der Waals surface area contributed by atoms with Crippen LogP contribution in [0.1, 0.15) is 43.5 Å². The molecule has 0 saturated carbocycles. The van der Waals surface area contributed by atoms with Crippen LogP contribution in [0.4, 0.5) is 5.69 Å². The Labute approximate surface area is 136 Å². The summed E-state index contributed by atoms with van der Waals surface area (Å²) in [6, 6.07) is 5.27. The fraction of sp³-hybridized carbons (Fsp3) is 0.412. The van der Waals surface area contributed by atoms with Gasteiger partial charge in [0.25, 0.3) is 5.91 Å². The van der Waals surface area contributed by atoms with Gasteiger partial charge in [0.15, 0.2) is 0 Å². The Bertz CT molecular complexity index is 590. The summed E-state index contributed by atoms with van der Waals surface area (Å²) in [5.74, 6) is -0.447. The van der Waals surface area contributed by atoms with Gasteiger partial charge in [-0.25, -0.2) is 0 Å². The molecule has 1 aliphatic rings. The molecule has 2 unspecified atom stereocenters. The van der Waals surface area contributed by atoms with Crippen molar-refractivity contribution in [3.8, 4) is 0 Å². The molecule has 1 fully saturated rings. The van der Waals surface area contributed by atoms with Crippen molar-refractivity contribution < 1.29 is 9.59 Å². The number of nitrogens with zero attached hydrogens (tertiary/aromatic N) is 1. The third-order valence-electron chi connectivity index (χ3n) is 4.08. The average molecular weight is 321 g/mol. The molecular formula is C17H21ClN2O2. The molecule has 4 nitrogen and oxygen atoms in total. The number of carbonyl (C=O) groups excluding carboxylic acids is 2. The first-order valence-electron chi connectivity index (χ1n) is 7.49. The number of benzene rings is 1. The largest absolute Gasteiger partial charge is 0.333 e. The van der Waals surface area contributed by atoms with E-state index in [-0.39, 0.29) is 23.9 Å². The minimum absolute atomic E-state index is 0.0958. The second kappa shape index (κ2) is 6.97. The molecule has 0 bridgehead atoms. The van der Waals surface area contributed by atoms with E-state index in [0.29, 0.717) is 16.3 Å². The van der Waals surface area contributed by atoms with Gasteiger partial charge in [-0.15, -0.1) is 0 Å². The molecular weight excluding hydrogens is 300 g/mol. The molecule has 1 aromatic carbocycles. The summed E-state index contributed by atoms with van der Waals surface area (Å²) in [6.45, 7) is 7.54. The van der Waals surface area contributed by atoms with Crippen LogP contribution >= 0.6 is 11.6 Å². The number of carbonyl (C=O) groups is 2. The number of likely N-dealkylation sites (tertiary alicyclic amines) is 1. The van der Waals surface area contributed by atoms with Gasteiger partial charge in [-0.05, 0) is 57.4 Å². The van der Waals surface area contributed by atoms with Crippen molar-refractivity contribution in [3.63, 3.8) is 0 Å². The highest BCUT2D eigenvalue weighted by atomic mass is 35.5. The maximum absolute atomic E-state index is 13.0. The number of amides is 2. The lowest BCUT2D eigenvalue weighted by Crippen LogP contribution is -2.47. The van der Waals surface area contributed by atoms with Crippen molar-refractivity contribution in [2.75, 3.05) is 5.32 Å². The summed E-state index contributed by atoms with van der Waals surface area (Å²) in [5, 5.41) is 3.14. The predicted molar refractivity (Wildman–Crippen MR) is 89.2 cm³/mol.